The number of rotatable bonds is 2. The lowest BCUT2D eigenvalue weighted by Gasteiger charge is -2.34. The van der Waals surface area contributed by atoms with Crippen LogP contribution in [0.25, 0.3) is 33.3 Å². The molecule has 1 fully saturated rings. The monoisotopic (exact) mass is 396 g/mol. The number of hydrogen-bond donors (Lipinski definition) is 3. The summed E-state index contributed by atoms with van der Waals surface area (Å²) < 4.78 is 47.1. The Labute approximate surface area is 171 Å². The lowest BCUT2D eigenvalue weighted by Crippen LogP contribution is -2.44. The second-order valence-corrected chi connectivity index (χ2v) is 7.20. The molecule has 3 heterocycles. The number of piperazine rings is 1. The maximum absolute atomic E-state index is 14.9. The van der Waals surface area contributed by atoms with Crippen molar-refractivity contribution in [3.05, 3.63) is 52.5 Å². The minimum atomic E-state index is -1.18. The van der Waals surface area contributed by atoms with E-state index in [1.54, 1.807) is 6.07 Å². The number of aromatic amines is 2. The molecule has 2 aromatic heterocycles. The molecule has 0 aliphatic carbocycles. The summed E-state index contributed by atoms with van der Waals surface area (Å²) in [4.78, 5) is 25.3. The molecule has 29 heavy (non-hydrogen) atoms. The molecule has 1 aliphatic rings. The van der Waals surface area contributed by atoms with Crippen LogP contribution in [0.15, 0.2) is 41.1 Å². The van der Waals surface area contributed by atoms with Crippen molar-refractivity contribution in [3.63, 3.8) is 0 Å². The SMILES string of the molecule is [2H]c1c([2H])c(N)c2c(c([2H])c(-c3nc4ccc(N5CCN(C)CC5)cc4[nH]3)c(=O)n2[2H])c1F. The minimum Gasteiger partial charge on any atom is -0.397 e. The third kappa shape index (κ3) is 3.01. The fraction of sp³-hybridized carbons (Fsp3) is 0.238. The summed E-state index contributed by atoms with van der Waals surface area (Å²) in [5.74, 6) is -1.15. The van der Waals surface area contributed by atoms with Crippen LogP contribution in [0.5, 0.6) is 0 Å². The van der Waals surface area contributed by atoms with E-state index in [0.717, 1.165) is 31.9 Å². The van der Waals surface area contributed by atoms with E-state index in [1.807, 2.05) is 12.1 Å². The summed E-state index contributed by atoms with van der Waals surface area (Å²) in [6.45, 7) is 3.65. The van der Waals surface area contributed by atoms with Gasteiger partial charge in [0, 0.05) is 37.3 Å². The lowest BCUT2D eigenvalue weighted by molar-refractivity contribution is 0.313. The zero-order chi connectivity index (χ0) is 23.6. The molecule has 0 unspecified atom stereocenters. The maximum atomic E-state index is 14.9. The van der Waals surface area contributed by atoms with Gasteiger partial charge in [-0.3, -0.25) is 4.79 Å². The zero-order valence-corrected chi connectivity index (χ0v) is 15.7. The van der Waals surface area contributed by atoms with Crippen LogP contribution in [0.3, 0.4) is 0 Å². The standard InChI is InChI=1S/C21H21FN6O/c1-27-6-8-28(9-7-27)12-2-5-17-18(10-12)25-20(24-17)14-11-13-15(22)3-4-16(23)19(13)26-21(14)29/h2-5,10-11H,6-9,23H2,1H3,(H,24,25)(H,26,29)/i3D,4D,11D/hD. The van der Waals surface area contributed by atoms with Gasteiger partial charge < -0.3 is 25.5 Å². The summed E-state index contributed by atoms with van der Waals surface area (Å²) in [5, 5.41) is -0.461. The topological polar surface area (TPSA) is 94.0 Å². The molecule has 8 heteroatoms. The number of fused-ring (bicyclic) bond motifs is 2. The molecule has 0 radical (unpaired) electrons. The van der Waals surface area contributed by atoms with E-state index >= 15 is 0 Å². The number of nitrogen functional groups attached to an aromatic ring is 1. The maximum Gasteiger partial charge on any atom is 0.259 e. The highest BCUT2D eigenvalue weighted by Gasteiger charge is 2.17. The van der Waals surface area contributed by atoms with Crippen LogP contribution in [0.4, 0.5) is 15.8 Å². The Morgan fingerprint density at radius 3 is 2.86 bits per heavy atom. The molecule has 5 rings (SSSR count). The molecule has 7 nitrogen and oxygen atoms in total. The van der Waals surface area contributed by atoms with E-state index in [4.69, 9.17) is 11.3 Å². The van der Waals surface area contributed by atoms with Crippen LogP contribution in [-0.2, 0) is 0 Å². The Hall–Kier alpha value is -3.39. The summed E-state index contributed by atoms with van der Waals surface area (Å²) in [7, 11) is 2.08. The van der Waals surface area contributed by atoms with Gasteiger partial charge in [-0.05, 0) is 43.4 Å². The van der Waals surface area contributed by atoms with Crippen molar-refractivity contribution in [1.29, 1.82) is 0 Å². The van der Waals surface area contributed by atoms with Gasteiger partial charge in [-0.1, -0.05) is 0 Å². The van der Waals surface area contributed by atoms with Crippen LogP contribution in [0.1, 0.15) is 4.11 Å². The molecule has 0 bridgehead atoms. The van der Waals surface area contributed by atoms with Crippen molar-refractivity contribution in [2.45, 2.75) is 0 Å². The van der Waals surface area contributed by atoms with Gasteiger partial charge in [0.25, 0.3) is 5.56 Å². The third-order valence-corrected chi connectivity index (χ3v) is 5.27. The predicted octanol–water partition coefficient (Wildman–Crippen LogP) is 2.54. The van der Waals surface area contributed by atoms with Crippen molar-refractivity contribution < 1.29 is 9.91 Å². The third-order valence-electron chi connectivity index (χ3n) is 5.27. The number of hydrogen-bond acceptors (Lipinski definition) is 5. The molecule has 4 N–H and O–H groups in total. The molecule has 0 amide bonds. The Kier molecular flexibility index (Phi) is 3.12. The number of aromatic nitrogens is 3. The molecule has 1 saturated heterocycles. The number of anilines is 2. The first kappa shape index (κ1) is 13.7. The fourth-order valence-electron chi connectivity index (χ4n) is 3.59. The number of benzene rings is 2. The van der Waals surface area contributed by atoms with Gasteiger partial charge >= 0.3 is 0 Å². The first-order chi connectivity index (χ1) is 15.7. The molecule has 1 aliphatic heterocycles. The Morgan fingerprint density at radius 1 is 1.28 bits per heavy atom. The fourth-order valence-corrected chi connectivity index (χ4v) is 3.59. The van der Waals surface area contributed by atoms with Gasteiger partial charge in [-0.15, -0.1) is 0 Å². The first-order valence-electron chi connectivity index (χ1n) is 11.2. The number of H-pyrrole nitrogens is 2. The predicted molar refractivity (Wildman–Crippen MR) is 114 cm³/mol. The van der Waals surface area contributed by atoms with Gasteiger partial charge in [0.05, 0.1) is 31.9 Å². The molecule has 0 spiro atoms. The van der Waals surface area contributed by atoms with Gasteiger partial charge in [0.2, 0.25) is 0 Å². The highest BCUT2D eigenvalue weighted by molar-refractivity contribution is 5.92. The van der Waals surface area contributed by atoms with Crippen LogP contribution < -0.4 is 16.2 Å². The molecule has 0 atom stereocenters. The summed E-state index contributed by atoms with van der Waals surface area (Å²) in [5.41, 5.74) is 5.97. The number of imidazole rings is 1. The van der Waals surface area contributed by atoms with Gasteiger partial charge in [0.1, 0.15) is 11.6 Å². The normalized spacial score (nSPS) is 17.4. The van der Waals surface area contributed by atoms with Crippen LogP contribution in [-0.4, -0.2) is 53.1 Å². The highest BCUT2D eigenvalue weighted by Crippen LogP contribution is 2.27. The Morgan fingerprint density at radius 2 is 2.07 bits per heavy atom. The van der Waals surface area contributed by atoms with Crippen molar-refractivity contribution in [2.24, 2.45) is 0 Å². The number of nitrogens with two attached hydrogens (primary N) is 1. The summed E-state index contributed by atoms with van der Waals surface area (Å²) >= 11 is 0. The van der Waals surface area contributed by atoms with Crippen molar-refractivity contribution in [1.82, 2.24) is 19.8 Å². The smallest absolute Gasteiger partial charge is 0.259 e. The Bertz CT molecular complexity index is 1490. The molecular weight excluding hydrogens is 371 g/mol. The van der Waals surface area contributed by atoms with Crippen molar-refractivity contribution in [2.75, 3.05) is 43.9 Å². The minimum absolute atomic E-state index is 0.0258. The van der Waals surface area contributed by atoms with Crippen LogP contribution in [0, 0.1) is 5.82 Å². The molecular formula is C21H21FN6O. The quantitative estimate of drug-likeness (QED) is 0.453. The Balaban J connectivity index is 1.69. The molecule has 4 aromatic rings. The van der Waals surface area contributed by atoms with Gasteiger partial charge in [-0.25, -0.2) is 9.37 Å². The molecule has 0 saturated carbocycles. The summed E-state index contributed by atoms with van der Waals surface area (Å²) in [6, 6.07) is 3.70. The molecule has 2 aromatic carbocycles. The van der Waals surface area contributed by atoms with E-state index in [-0.39, 0.29) is 11.4 Å². The second-order valence-electron chi connectivity index (χ2n) is 7.20. The second kappa shape index (κ2) is 6.59. The van der Waals surface area contributed by atoms with E-state index < -0.39 is 46.1 Å². The zero-order valence-electron chi connectivity index (χ0n) is 19.7. The number of nitrogens with one attached hydrogen (secondary N) is 2. The van der Waals surface area contributed by atoms with Crippen LogP contribution >= 0.6 is 0 Å². The number of pyridine rings is 1. The highest BCUT2D eigenvalue weighted by atomic mass is 19.1. The van der Waals surface area contributed by atoms with E-state index in [1.165, 1.54) is 0 Å². The summed E-state index contributed by atoms with van der Waals surface area (Å²) in [6.07, 6.45) is 0. The molecule has 148 valence electrons. The number of nitrogens with zero attached hydrogens (tertiary/aromatic N) is 3. The average molecular weight is 396 g/mol. The number of likely N-dealkylation sites (N-methyl/N-ethyl adjacent to an activating group) is 1. The van der Waals surface area contributed by atoms with Gasteiger partial charge in [0.15, 0.2) is 1.41 Å². The van der Waals surface area contributed by atoms with Crippen molar-refractivity contribution >= 4 is 33.3 Å². The van der Waals surface area contributed by atoms with E-state index in [0.29, 0.717) is 16.0 Å². The van der Waals surface area contributed by atoms with Crippen molar-refractivity contribution in [3.8, 4) is 11.4 Å². The lowest BCUT2D eigenvalue weighted by atomic mass is 10.1. The van der Waals surface area contributed by atoms with E-state index in [2.05, 4.69) is 26.8 Å². The first-order valence-corrected chi connectivity index (χ1v) is 9.25. The average Bonchev–Trinajstić information content (AvgIpc) is 3.22. The van der Waals surface area contributed by atoms with Crippen LogP contribution in [0.2, 0.25) is 1.41 Å². The number of halogens is 1. The van der Waals surface area contributed by atoms with E-state index in [9.17, 15) is 9.18 Å². The van der Waals surface area contributed by atoms with Gasteiger partial charge in [-0.2, -0.15) is 0 Å². The largest absolute Gasteiger partial charge is 0.397 e.